The molecule has 0 radical (unpaired) electrons. The summed E-state index contributed by atoms with van der Waals surface area (Å²) in [4.78, 5) is 11.9. The van der Waals surface area contributed by atoms with E-state index in [2.05, 4.69) is 14.8 Å². The maximum Gasteiger partial charge on any atom is 0.336 e. The van der Waals surface area contributed by atoms with Crippen molar-refractivity contribution >= 4 is 34.3 Å². The van der Waals surface area contributed by atoms with Crippen LogP contribution in [0.4, 0.5) is 0 Å². The quantitative estimate of drug-likeness (QED) is 0.502. The summed E-state index contributed by atoms with van der Waals surface area (Å²) in [5, 5.41) is 11.1. The molecule has 25 heavy (non-hydrogen) atoms. The Hall–Kier alpha value is -1.79. The molecule has 0 unspecified atom stereocenters. The minimum atomic E-state index is -0.343. The van der Waals surface area contributed by atoms with Crippen molar-refractivity contribution in [1.82, 2.24) is 14.8 Å². The molecule has 4 rings (SSSR count). The topological polar surface area (TPSA) is 60.9 Å². The number of benzene rings is 1. The van der Waals surface area contributed by atoms with Crippen molar-refractivity contribution in [3.05, 3.63) is 50.6 Å². The van der Waals surface area contributed by atoms with Crippen molar-refractivity contribution in [2.24, 2.45) is 0 Å². The molecular weight excluding hydrogens is 358 g/mol. The van der Waals surface area contributed by atoms with E-state index in [-0.39, 0.29) is 5.63 Å². The molecule has 0 bridgehead atoms. The van der Waals surface area contributed by atoms with Gasteiger partial charge in [-0.2, -0.15) is 0 Å². The van der Waals surface area contributed by atoms with Gasteiger partial charge in [0.15, 0.2) is 5.16 Å². The van der Waals surface area contributed by atoms with Crippen LogP contribution < -0.4 is 5.63 Å². The van der Waals surface area contributed by atoms with E-state index < -0.39 is 0 Å². The van der Waals surface area contributed by atoms with Crippen molar-refractivity contribution < 1.29 is 4.42 Å². The van der Waals surface area contributed by atoms with E-state index in [9.17, 15) is 4.79 Å². The third kappa shape index (κ3) is 3.33. The monoisotopic (exact) mass is 375 g/mol. The highest BCUT2D eigenvalue weighted by atomic mass is 35.5. The van der Waals surface area contributed by atoms with Gasteiger partial charge in [-0.05, 0) is 43.0 Å². The zero-order chi connectivity index (χ0) is 17.4. The fourth-order valence-corrected chi connectivity index (χ4v) is 4.31. The molecule has 130 valence electrons. The summed E-state index contributed by atoms with van der Waals surface area (Å²) in [5.41, 5.74) is 2.03. The predicted octanol–water partition coefficient (Wildman–Crippen LogP) is 4.37. The molecule has 1 aliphatic heterocycles. The van der Waals surface area contributed by atoms with E-state index in [0.717, 1.165) is 46.9 Å². The van der Waals surface area contributed by atoms with Crippen LogP contribution in [0, 0.1) is 6.92 Å². The standard InChI is InChI=1S/C18H18ClN3O2S/c1-11-7-15-13(9-14(11)19)12(8-17(23)24-15)10-25-18-21-20-16-5-3-2-4-6-22(16)18/h7-9H,2-6,10H2,1H3. The lowest BCUT2D eigenvalue weighted by atomic mass is 10.1. The Bertz CT molecular complexity index is 996. The molecule has 1 aliphatic rings. The van der Waals surface area contributed by atoms with Crippen LogP contribution in [0.2, 0.25) is 5.02 Å². The van der Waals surface area contributed by atoms with E-state index in [1.807, 2.05) is 19.1 Å². The number of nitrogens with zero attached hydrogens (tertiary/aromatic N) is 3. The van der Waals surface area contributed by atoms with Gasteiger partial charge in [0.2, 0.25) is 0 Å². The van der Waals surface area contributed by atoms with Gasteiger partial charge in [-0.3, -0.25) is 0 Å². The first-order valence-electron chi connectivity index (χ1n) is 8.39. The maximum atomic E-state index is 11.9. The molecule has 2 aromatic heterocycles. The van der Waals surface area contributed by atoms with Crippen molar-refractivity contribution in [2.45, 2.75) is 50.1 Å². The molecule has 3 aromatic rings. The van der Waals surface area contributed by atoms with Crippen LogP contribution in [0.1, 0.15) is 36.2 Å². The van der Waals surface area contributed by atoms with Crippen molar-refractivity contribution in [3.63, 3.8) is 0 Å². The Morgan fingerprint density at radius 3 is 3.00 bits per heavy atom. The Labute approximate surface area is 154 Å². The highest BCUT2D eigenvalue weighted by molar-refractivity contribution is 7.98. The fraction of sp³-hybridized carbons (Fsp3) is 0.389. The van der Waals surface area contributed by atoms with Crippen molar-refractivity contribution in [1.29, 1.82) is 0 Å². The van der Waals surface area contributed by atoms with Gasteiger partial charge in [-0.25, -0.2) is 4.79 Å². The van der Waals surface area contributed by atoms with Gasteiger partial charge in [0.25, 0.3) is 0 Å². The normalized spacial score (nSPS) is 14.5. The minimum Gasteiger partial charge on any atom is -0.423 e. The molecule has 0 saturated carbocycles. The third-order valence-electron chi connectivity index (χ3n) is 4.54. The summed E-state index contributed by atoms with van der Waals surface area (Å²) in [5.74, 6) is 1.69. The van der Waals surface area contributed by atoms with Gasteiger partial charge in [-0.15, -0.1) is 10.2 Å². The summed E-state index contributed by atoms with van der Waals surface area (Å²) in [6.07, 6.45) is 4.55. The Morgan fingerprint density at radius 1 is 1.24 bits per heavy atom. The second-order valence-electron chi connectivity index (χ2n) is 6.34. The van der Waals surface area contributed by atoms with Gasteiger partial charge >= 0.3 is 5.63 Å². The molecular formula is C18H18ClN3O2S. The first-order chi connectivity index (χ1) is 12.1. The minimum absolute atomic E-state index is 0.343. The molecule has 0 N–H and O–H groups in total. The largest absolute Gasteiger partial charge is 0.423 e. The van der Waals surface area contributed by atoms with Crippen LogP contribution in [-0.4, -0.2) is 14.8 Å². The smallest absolute Gasteiger partial charge is 0.336 e. The summed E-state index contributed by atoms with van der Waals surface area (Å²) in [6, 6.07) is 5.23. The molecule has 0 aliphatic carbocycles. The van der Waals surface area contributed by atoms with Crippen molar-refractivity contribution in [2.75, 3.05) is 0 Å². The maximum absolute atomic E-state index is 11.9. The molecule has 3 heterocycles. The van der Waals surface area contributed by atoms with Gasteiger partial charge in [0, 0.05) is 35.2 Å². The van der Waals surface area contributed by atoms with Crippen LogP contribution >= 0.6 is 23.4 Å². The van der Waals surface area contributed by atoms with E-state index in [0.29, 0.717) is 16.4 Å². The molecule has 7 heteroatoms. The number of hydrogen-bond donors (Lipinski definition) is 0. The van der Waals surface area contributed by atoms with E-state index >= 15 is 0 Å². The number of aromatic nitrogens is 3. The molecule has 0 fully saturated rings. The average molecular weight is 376 g/mol. The van der Waals surface area contributed by atoms with E-state index in [1.54, 1.807) is 17.8 Å². The number of aryl methyl sites for hydroxylation is 2. The lowest BCUT2D eigenvalue weighted by molar-refractivity contribution is 0.559. The molecule has 0 amide bonds. The molecule has 0 saturated heterocycles. The van der Waals surface area contributed by atoms with E-state index in [4.69, 9.17) is 16.0 Å². The van der Waals surface area contributed by atoms with Gasteiger partial charge in [-0.1, -0.05) is 29.8 Å². The predicted molar refractivity (Wildman–Crippen MR) is 99.4 cm³/mol. The van der Waals surface area contributed by atoms with Crippen LogP contribution in [0.5, 0.6) is 0 Å². The molecule has 0 spiro atoms. The summed E-state index contributed by atoms with van der Waals surface area (Å²) < 4.78 is 7.54. The molecule has 1 aromatic carbocycles. The lowest BCUT2D eigenvalue weighted by Gasteiger charge is -2.08. The highest BCUT2D eigenvalue weighted by Gasteiger charge is 2.16. The summed E-state index contributed by atoms with van der Waals surface area (Å²) in [7, 11) is 0. The highest BCUT2D eigenvalue weighted by Crippen LogP contribution is 2.30. The zero-order valence-electron chi connectivity index (χ0n) is 13.9. The van der Waals surface area contributed by atoms with Gasteiger partial charge in [0.1, 0.15) is 11.4 Å². The third-order valence-corrected chi connectivity index (χ3v) is 5.96. The van der Waals surface area contributed by atoms with Gasteiger partial charge < -0.3 is 8.98 Å². The Balaban J connectivity index is 1.66. The summed E-state index contributed by atoms with van der Waals surface area (Å²) in [6.45, 7) is 2.86. The fourth-order valence-electron chi connectivity index (χ4n) is 3.18. The van der Waals surface area contributed by atoms with Crippen LogP contribution in [0.15, 0.2) is 32.6 Å². The first kappa shape index (κ1) is 16.7. The van der Waals surface area contributed by atoms with Crippen LogP contribution in [-0.2, 0) is 18.7 Å². The Kier molecular flexibility index (Phi) is 4.56. The second kappa shape index (κ2) is 6.84. The number of fused-ring (bicyclic) bond motifs is 2. The lowest BCUT2D eigenvalue weighted by Crippen LogP contribution is -2.03. The number of halogens is 1. The first-order valence-corrected chi connectivity index (χ1v) is 9.76. The zero-order valence-corrected chi connectivity index (χ0v) is 15.5. The summed E-state index contributed by atoms with van der Waals surface area (Å²) >= 11 is 7.86. The number of hydrogen-bond acceptors (Lipinski definition) is 5. The molecule has 0 atom stereocenters. The van der Waals surface area contributed by atoms with Crippen LogP contribution in [0.25, 0.3) is 11.0 Å². The average Bonchev–Trinajstić information content (AvgIpc) is 2.81. The number of rotatable bonds is 3. The molecule has 5 nitrogen and oxygen atoms in total. The van der Waals surface area contributed by atoms with Crippen LogP contribution in [0.3, 0.4) is 0 Å². The Morgan fingerprint density at radius 2 is 2.12 bits per heavy atom. The second-order valence-corrected chi connectivity index (χ2v) is 7.69. The van der Waals surface area contributed by atoms with Gasteiger partial charge in [0.05, 0.1) is 0 Å². The van der Waals surface area contributed by atoms with Crippen molar-refractivity contribution in [3.8, 4) is 0 Å². The van der Waals surface area contributed by atoms with E-state index in [1.165, 1.54) is 12.8 Å². The SMILES string of the molecule is Cc1cc2oc(=O)cc(CSc3nnc4n3CCCCC4)c2cc1Cl. The number of thioether (sulfide) groups is 1.